The van der Waals surface area contributed by atoms with Gasteiger partial charge < -0.3 is 27.2 Å². The van der Waals surface area contributed by atoms with E-state index in [1.165, 1.54) is 4.90 Å². The maximum Gasteiger partial charge on any atom is 0.0661 e. The number of carboxylic acid groups (broad SMARTS) is 1. The quantitative estimate of drug-likeness (QED) is 0.396. The van der Waals surface area contributed by atoms with Crippen LogP contribution in [0.15, 0.2) is 12.7 Å². The standard InChI is InChI=1S/C3H9N.C3H4O2.ClH/c1-4(2)3;1-2-3(4)5;/h1-3H3;2H,1H2,(H,4,5);1H/p-1. The van der Waals surface area contributed by atoms with Crippen LogP contribution in [-0.2, 0) is 4.79 Å². The Morgan fingerprint density at radius 2 is 1.60 bits per heavy atom. The Kier molecular flexibility index (Phi) is 18.3. The molecule has 62 valence electrons. The molecule has 0 aliphatic heterocycles. The zero-order valence-electron chi connectivity index (χ0n) is 6.48. The summed E-state index contributed by atoms with van der Waals surface area (Å²) in [5, 5.41) is 9.14. The molecule has 3 nitrogen and oxygen atoms in total. The monoisotopic (exact) mass is 166 g/mol. The SMILES string of the molecule is C=CC(=O)[O-].C[NH+](C)C.[Cl-]. The van der Waals surface area contributed by atoms with Crippen molar-refractivity contribution in [1.29, 1.82) is 0 Å². The van der Waals surface area contributed by atoms with Gasteiger partial charge in [-0.3, -0.25) is 0 Å². The highest BCUT2D eigenvalue weighted by molar-refractivity contribution is 5.76. The minimum Gasteiger partial charge on any atom is -1.00 e. The zero-order chi connectivity index (χ0) is 7.86. The van der Waals surface area contributed by atoms with Gasteiger partial charge in [-0.25, -0.2) is 0 Å². The number of nitrogens with one attached hydrogen (secondary N) is 1. The lowest BCUT2D eigenvalue weighted by Crippen LogP contribution is -3.02. The van der Waals surface area contributed by atoms with Crippen LogP contribution in [0.5, 0.6) is 0 Å². The molecular formula is C6H13ClNO2-. The van der Waals surface area contributed by atoms with Crippen molar-refractivity contribution in [3.63, 3.8) is 0 Å². The van der Waals surface area contributed by atoms with Crippen molar-refractivity contribution in [2.75, 3.05) is 21.1 Å². The first kappa shape index (κ1) is 16.2. The van der Waals surface area contributed by atoms with Crippen molar-refractivity contribution < 1.29 is 27.2 Å². The van der Waals surface area contributed by atoms with Crippen LogP contribution in [-0.4, -0.2) is 27.1 Å². The molecule has 0 fully saturated rings. The van der Waals surface area contributed by atoms with Crippen LogP contribution in [0.4, 0.5) is 0 Å². The molecule has 0 amide bonds. The van der Waals surface area contributed by atoms with Crippen molar-refractivity contribution in [2.24, 2.45) is 0 Å². The van der Waals surface area contributed by atoms with Gasteiger partial charge in [-0.1, -0.05) is 6.58 Å². The molecule has 1 N–H and O–H groups in total. The molecule has 0 unspecified atom stereocenters. The van der Waals surface area contributed by atoms with Crippen LogP contribution in [0, 0.1) is 0 Å². The first-order valence-electron chi connectivity index (χ1n) is 2.61. The fourth-order valence-electron chi connectivity index (χ4n) is 0. The van der Waals surface area contributed by atoms with E-state index in [4.69, 9.17) is 9.90 Å². The largest absolute Gasteiger partial charge is 1.00 e. The average Bonchev–Trinajstić information content (AvgIpc) is 1.65. The molecule has 0 saturated heterocycles. The van der Waals surface area contributed by atoms with Crippen LogP contribution >= 0.6 is 0 Å². The Labute approximate surface area is 67.7 Å². The molecule has 0 saturated carbocycles. The van der Waals surface area contributed by atoms with E-state index in [1.807, 2.05) is 0 Å². The van der Waals surface area contributed by atoms with Gasteiger partial charge in [0.25, 0.3) is 0 Å². The van der Waals surface area contributed by atoms with Gasteiger partial charge in [0.1, 0.15) is 0 Å². The molecule has 0 aromatic carbocycles. The lowest BCUT2D eigenvalue weighted by atomic mass is 10.7. The molecule has 0 aromatic heterocycles. The third-order valence-electron chi connectivity index (χ3n) is 0.167. The fraction of sp³-hybridized carbons (Fsp3) is 0.500. The number of hydrogen-bond donors (Lipinski definition) is 1. The Hall–Kier alpha value is -0.540. The highest BCUT2D eigenvalue weighted by Crippen LogP contribution is 1.47. The van der Waals surface area contributed by atoms with E-state index in [2.05, 4.69) is 27.7 Å². The third-order valence-corrected chi connectivity index (χ3v) is 0.167. The molecule has 10 heavy (non-hydrogen) atoms. The number of carbonyl (C=O) groups excluding carboxylic acids is 1. The van der Waals surface area contributed by atoms with Crippen LogP contribution in [0.25, 0.3) is 0 Å². The van der Waals surface area contributed by atoms with Crippen molar-refractivity contribution in [2.45, 2.75) is 0 Å². The number of carbonyl (C=O) groups is 1. The second kappa shape index (κ2) is 11.3. The molecule has 0 heterocycles. The molecule has 0 atom stereocenters. The summed E-state index contributed by atoms with van der Waals surface area (Å²) >= 11 is 0. The zero-order valence-corrected chi connectivity index (χ0v) is 7.23. The van der Waals surface area contributed by atoms with Crippen LogP contribution in [0.2, 0.25) is 0 Å². The van der Waals surface area contributed by atoms with Gasteiger partial charge in [0, 0.05) is 0 Å². The first-order valence-corrected chi connectivity index (χ1v) is 2.61. The maximum absolute atomic E-state index is 9.14. The lowest BCUT2D eigenvalue weighted by molar-refractivity contribution is -0.836. The Bertz CT molecular complexity index is 91.0. The Morgan fingerprint density at radius 3 is 1.60 bits per heavy atom. The first-order chi connectivity index (χ1) is 4.00. The van der Waals surface area contributed by atoms with Crippen molar-refractivity contribution in [3.05, 3.63) is 12.7 Å². The van der Waals surface area contributed by atoms with E-state index in [9.17, 15) is 0 Å². The molecule has 0 spiro atoms. The minimum absolute atomic E-state index is 0. The van der Waals surface area contributed by atoms with E-state index >= 15 is 0 Å². The van der Waals surface area contributed by atoms with Crippen LogP contribution in [0.1, 0.15) is 0 Å². The summed E-state index contributed by atoms with van der Waals surface area (Å²) < 4.78 is 0. The highest BCUT2D eigenvalue weighted by atomic mass is 35.5. The molecule has 0 aliphatic rings. The van der Waals surface area contributed by atoms with Gasteiger partial charge >= 0.3 is 0 Å². The molecule has 4 heteroatoms. The summed E-state index contributed by atoms with van der Waals surface area (Å²) in [4.78, 5) is 10.6. The van der Waals surface area contributed by atoms with E-state index in [1.54, 1.807) is 0 Å². The predicted octanol–water partition coefficient (Wildman–Crippen LogP) is -5.31. The number of carboxylic acids is 1. The van der Waals surface area contributed by atoms with Crippen molar-refractivity contribution >= 4 is 5.97 Å². The Morgan fingerprint density at radius 1 is 1.50 bits per heavy atom. The number of quaternary nitrogens is 1. The van der Waals surface area contributed by atoms with Crippen LogP contribution in [0.3, 0.4) is 0 Å². The number of aliphatic carboxylic acids is 1. The fourth-order valence-corrected chi connectivity index (χ4v) is 0. The average molecular weight is 167 g/mol. The van der Waals surface area contributed by atoms with Gasteiger partial charge in [-0.2, -0.15) is 0 Å². The third kappa shape index (κ3) is 146. The summed E-state index contributed by atoms with van der Waals surface area (Å²) in [6.07, 6.45) is 0.722. The molecule has 0 aromatic rings. The Balaban J connectivity index is -0.0000000910. The summed E-state index contributed by atoms with van der Waals surface area (Å²) in [5.74, 6) is -1.23. The van der Waals surface area contributed by atoms with Gasteiger partial charge in [-0.05, 0) is 6.08 Å². The molecule has 0 radical (unpaired) electrons. The second-order valence-electron chi connectivity index (χ2n) is 2.02. The lowest BCUT2D eigenvalue weighted by Gasteiger charge is -1.88. The predicted molar refractivity (Wildman–Crippen MR) is 33.9 cm³/mol. The maximum atomic E-state index is 9.14. The van der Waals surface area contributed by atoms with Gasteiger partial charge in [-0.15, -0.1) is 0 Å². The summed E-state index contributed by atoms with van der Waals surface area (Å²) in [7, 11) is 6.25. The molecule has 0 bridgehead atoms. The summed E-state index contributed by atoms with van der Waals surface area (Å²) in [5.41, 5.74) is 0. The number of rotatable bonds is 1. The van der Waals surface area contributed by atoms with E-state index in [0.717, 1.165) is 6.08 Å². The smallest absolute Gasteiger partial charge is 0.0661 e. The molecule has 0 rings (SSSR count). The molecule has 0 aliphatic carbocycles. The van der Waals surface area contributed by atoms with E-state index in [0.29, 0.717) is 0 Å². The van der Waals surface area contributed by atoms with Gasteiger partial charge in [0.05, 0.1) is 27.1 Å². The summed E-state index contributed by atoms with van der Waals surface area (Å²) in [6, 6.07) is 0. The summed E-state index contributed by atoms with van der Waals surface area (Å²) in [6.45, 7) is 2.90. The van der Waals surface area contributed by atoms with Gasteiger partial charge in [0.15, 0.2) is 0 Å². The van der Waals surface area contributed by atoms with Crippen molar-refractivity contribution in [3.8, 4) is 0 Å². The van der Waals surface area contributed by atoms with Gasteiger partial charge in [0.2, 0.25) is 0 Å². The molecular weight excluding hydrogens is 154 g/mol. The van der Waals surface area contributed by atoms with Crippen LogP contribution < -0.4 is 22.4 Å². The van der Waals surface area contributed by atoms with Crippen molar-refractivity contribution in [1.82, 2.24) is 0 Å². The topological polar surface area (TPSA) is 44.6 Å². The normalized spacial score (nSPS) is 6.80. The number of hydrogen-bond acceptors (Lipinski definition) is 2. The highest BCUT2D eigenvalue weighted by Gasteiger charge is 1.61. The minimum atomic E-state index is -1.23. The van der Waals surface area contributed by atoms with E-state index < -0.39 is 5.97 Å². The van der Waals surface area contributed by atoms with E-state index in [-0.39, 0.29) is 12.4 Å². The number of halogens is 1. The second-order valence-corrected chi connectivity index (χ2v) is 2.02.